The number of rotatable bonds is 10. The lowest BCUT2D eigenvalue weighted by Gasteiger charge is -2.44. The van der Waals surface area contributed by atoms with Gasteiger partial charge in [0.2, 0.25) is 0 Å². The van der Waals surface area contributed by atoms with Gasteiger partial charge in [-0.15, -0.1) is 0 Å². The second-order valence-corrected chi connectivity index (χ2v) is 32.3. The minimum absolute atomic E-state index is 0.0709. The lowest BCUT2D eigenvalue weighted by atomic mass is 9.58. The Morgan fingerprint density at radius 1 is 0.235 bits per heavy atom. The van der Waals surface area contributed by atoms with Gasteiger partial charge in [0.1, 0.15) is 0 Å². The molecule has 2 heteroatoms. The molecule has 486 valence electrons. The molecular weight excluding hydrogens is 1180 g/mol. The Bertz CT molecular complexity index is 5060. The highest BCUT2D eigenvalue weighted by atomic mass is 15.2. The molecule has 13 aromatic rings. The molecule has 0 fully saturated rings. The molecular formula is C96H92N2. The van der Waals surface area contributed by atoms with Gasteiger partial charge in [0.05, 0.1) is 22.2 Å². The van der Waals surface area contributed by atoms with E-state index < -0.39 is 10.8 Å². The van der Waals surface area contributed by atoms with E-state index in [-0.39, 0.29) is 21.7 Å². The summed E-state index contributed by atoms with van der Waals surface area (Å²) in [6.07, 6.45) is 0. The topological polar surface area (TPSA) is 6.48 Å². The summed E-state index contributed by atoms with van der Waals surface area (Å²) in [6, 6.07) is 104. The van der Waals surface area contributed by atoms with E-state index >= 15 is 0 Å². The van der Waals surface area contributed by atoms with Crippen LogP contribution in [-0.2, 0) is 32.5 Å². The molecule has 15 rings (SSSR count). The molecule has 0 atom stereocenters. The standard InChI is InChI=1S/C96H92N2/c1-61-28-17-23-36-83(61)97(84-37-24-18-29-62(84)2)87-57-56-75-77-58-81-78(59-80(77)95(79-35-27-34-76(87)89(75)79,69-48-40-65(41-49-69)91(5,6)7)70-50-42-66(43-51-70)92(8,9)10)90-74-33-22-21-32-73(74)88(98(85-38-25-19-30-63(85)3)86-39-26-20-31-64(86)4)60-82(90)96(81,71-52-44-67(45-53-71)93(11,12)13)72-54-46-68(47-55-72)94(14,15)16/h17-60H,1-16H3. The summed E-state index contributed by atoms with van der Waals surface area (Å²) in [6.45, 7) is 37.1. The van der Waals surface area contributed by atoms with E-state index in [2.05, 4.69) is 387 Å². The van der Waals surface area contributed by atoms with Gasteiger partial charge in [0, 0.05) is 33.5 Å². The monoisotopic (exact) mass is 1270 g/mol. The van der Waals surface area contributed by atoms with Crippen molar-refractivity contribution in [3.63, 3.8) is 0 Å². The first-order valence-corrected chi connectivity index (χ1v) is 35.4. The maximum Gasteiger partial charge on any atom is 0.0714 e. The van der Waals surface area contributed by atoms with Gasteiger partial charge < -0.3 is 9.80 Å². The molecule has 0 aromatic heterocycles. The smallest absolute Gasteiger partial charge is 0.0714 e. The molecule has 0 bridgehead atoms. The molecule has 0 N–H and O–H groups in total. The molecule has 0 saturated heterocycles. The van der Waals surface area contributed by atoms with Gasteiger partial charge in [-0.3, -0.25) is 0 Å². The summed E-state index contributed by atoms with van der Waals surface area (Å²) in [5, 5.41) is 4.87. The molecule has 2 nitrogen and oxygen atoms in total. The molecule has 0 aliphatic heterocycles. The van der Waals surface area contributed by atoms with E-state index in [1.165, 1.54) is 133 Å². The van der Waals surface area contributed by atoms with Gasteiger partial charge in [-0.05, 0) is 220 Å². The van der Waals surface area contributed by atoms with Crippen molar-refractivity contribution < 1.29 is 0 Å². The summed E-state index contributed by atoms with van der Waals surface area (Å²) in [7, 11) is 0. The number of nitrogens with zero attached hydrogens (tertiary/aromatic N) is 2. The van der Waals surface area contributed by atoms with Crippen molar-refractivity contribution in [2.45, 2.75) is 143 Å². The maximum atomic E-state index is 2.71. The van der Waals surface area contributed by atoms with Crippen LogP contribution in [0.25, 0.3) is 43.8 Å². The SMILES string of the molecule is Cc1ccccc1N(c1ccccc1C)c1cc2c(c3ccccc13)-c1cc3c(cc1C2(c1ccc(C(C)(C)C)cc1)c1ccc(C(C)(C)C)cc1)-c1ccc(N(c2ccccc2C)c2ccccc2C)c2cccc(c12)C3(c1ccc(C(C)(C)C)cc1)c1ccc(C(C)(C)C)cc1. The fraction of sp³-hybridized carbons (Fsp3) is 0.229. The molecule has 2 aliphatic rings. The Hall–Kier alpha value is -10.0. The van der Waals surface area contributed by atoms with Crippen molar-refractivity contribution in [2.24, 2.45) is 0 Å². The highest BCUT2D eigenvalue weighted by Gasteiger charge is 2.52. The van der Waals surface area contributed by atoms with Gasteiger partial charge in [0.15, 0.2) is 0 Å². The van der Waals surface area contributed by atoms with E-state index in [0.29, 0.717) is 0 Å². The molecule has 98 heavy (non-hydrogen) atoms. The summed E-state index contributed by atoms with van der Waals surface area (Å²) < 4.78 is 0. The normalized spacial score (nSPS) is 13.9. The zero-order valence-electron chi connectivity index (χ0n) is 60.3. The number of hydrogen-bond donors (Lipinski definition) is 0. The zero-order chi connectivity index (χ0) is 68.6. The lowest BCUT2D eigenvalue weighted by Crippen LogP contribution is -2.35. The third-order valence-corrected chi connectivity index (χ3v) is 22.0. The van der Waals surface area contributed by atoms with Crippen LogP contribution in [0.4, 0.5) is 34.1 Å². The second kappa shape index (κ2) is 23.3. The van der Waals surface area contributed by atoms with E-state index in [4.69, 9.17) is 0 Å². The molecule has 0 radical (unpaired) electrons. The summed E-state index contributed by atoms with van der Waals surface area (Å²) in [5.74, 6) is 0. The molecule has 13 aromatic carbocycles. The molecule has 0 unspecified atom stereocenters. The lowest BCUT2D eigenvalue weighted by molar-refractivity contribution is 0.588. The number of hydrogen-bond acceptors (Lipinski definition) is 2. The Balaban J connectivity index is 1.16. The van der Waals surface area contributed by atoms with Gasteiger partial charge >= 0.3 is 0 Å². The van der Waals surface area contributed by atoms with Gasteiger partial charge in [-0.25, -0.2) is 0 Å². The minimum atomic E-state index is -0.845. The van der Waals surface area contributed by atoms with Crippen molar-refractivity contribution >= 4 is 55.7 Å². The highest BCUT2D eigenvalue weighted by Crippen LogP contribution is 2.65. The fourth-order valence-electron chi connectivity index (χ4n) is 16.7. The van der Waals surface area contributed by atoms with Crippen LogP contribution in [-0.4, -0.2) is 0 Å². The summed E-state index contributed by atoms with van der Waals surface area (Å²) >= 11 is 0. The van der Waals surface area contributed by atoms with Crippen LogP contribution in [0.1, 0.15) is 172 Å². The van der Waals surface area contributed by atoms with Crippen molar-refractivity contribution in [3.8, 4) is 22.3 Å². The Kier molecular flexibility index (Phi) is 15.2. The first-order chi connectivity index (χ1) is 46.8. The molecule has 0 amide bonds. The van der Waals surface area contributed by atoms with E-state index in [1.54, 1.807) is 0 Å². The number of anilines is 6. The Morgan fingerprint density at radius 2 is 0.561 bits per heavy atom. The highest BCUT2D eigenvalue weighted by molar-refractivity contribution is 6.15. The van der Waals surface area contributed by atoms with Gasteiger partial charge in [0.25, 0.3) is 0 Å². The van der Waals surface area contributed by atoms with Crippen LogP contribution in [0.3, 0.4) is 0 Å². The van der Waals surface area contributed by atoms with Crippen LogP contribution >= 0.6 is 0 Å². The van der Waals surface area contributed by atoms with Crippen molar-refractivity contribution in [1.82, 2.24) is 0 Å². The van der Waals surface area contributed by atoms with Crippen LogP contribution in [0.15, 0.2) is 267 Å². The number of fused-ring (bicyclic) bond motifs is 7. The zero-order valence-corrected chi connectivity index (χ0v) is 60.3. The van der Waals surface area contributed by atoms with Gasteiger partial charge in [-0.1, -0.05) is 301 Å². The maximum absolute atomic E-state index is 2.71. The summed E-state index contributed by atoms with van der Waals surface area (Å²) in [5.41, 5.74) is 30.0. The average Bonchev–Trinajstić information content (AvgIpc) is 1.35. The molecule has 0 heterocycles. The second-order valence-electron chi connectivity index (χ2n) is 32.3. The first-order valence-electron chi connectivity index (χ1n) is 35.4. The average molecular weight is 1270 g/mol. The third-order valence-electron chi connectivity index (χ3n) is 22.0. The van der Waals surface area contributed by atoms with Crippen LogP contribution < -0.4 is 9.80 Å². The predicted molar refractivity (Wildman–Crippen MR) is 419 cm³/mol. The molecule has 0 spiro atoms. The Labute approximate surface area is 583 Å². The largest absolute Gasteiger partial charge is 0.309 e. The number of benzene rings is 13. The number of para-hydroxylation sites is 4. The van der Waals surface area contributed by atoms with Crippen LogP contribution in [0.5, 0.6) is 0 Å². The van der Waals surface area contributed by atoms with Crippen molar-refractivity contribution in [2.75, 3.05) is 9.80 Å². The third kappa shape index (κ3) is 10.1. The summed E-state index contributed by atoms with van der Waals surface area (Å²) in [4.78, 5) is 5.10. The van der Waals surface area contributed by atoms with Gasteiger partial charge in [-0.2, -0.15) is 0 Å². The first kappa shape index (κ1) is 64.0. The van der Waals surface area contributed by atoms with Crippen LogP contribution in [0.2, 0.25) is 0 Å². The quantitative estimate of drug-likeness (QED) is 0.135. The van der Waals surface area contributed by atoms with Crippen molar-refractivity contribution in [1.29, 1.82) is 0 Å². The minimum Gasteiger partial charge on any atom is -0.309 e. The predicted octanol–water partition coefficient (Wildman–Crippen LogP) is 26.1. The Morgan fingerprint density at radius 3 is 0.949 bits per heavy atom. The van der Waals surface area contributed by atoms with Crippen LogP contribution in [0, 0.1) is 27.7 Å². The molecule has 2 aliphatic carbocycles. The molecule has 0 saturated carbocycles. The van der Waals surface area contributed by atoms with Crippen molar-refractivity contribution in [3.05, 3.63) is 356 Å². The number of aryl methyl sites for hydroxylation is 4. The van der Waals surface area contributed by atoms with E-state index in [0.717, 1.165) is 34.1 Å². The van der Waals surface area contributed by atoms with E-state index in [1.807, 2.05) is 0 Å². The fourth-order valence-corrected chi connectivity index (χ4v) is 16.7. The van der Waals surface area contributed by atoms with E-state index in [9.17, 15) is 0 Å².